The van der Waals surface area contributed by atoms with Gasteiger partial charge in [0.05, 0.1) is 22.2 Å². The number of hydrogen-bond donors (Lipinski definition) is 0. The summed E-state index contributed by atoms with van der Waals surface area (Å²) in [6.45, 7) is 0. The van der Waals surface area contributed by atoms with Gasteiger partial charge >= 0.3 is 0 Å². The van der Waals surface area contributed by atoms with E-state index < -0.39 is 0 Å². The first kappa shape index (κ1) is 37.5. The Balaban J connectivity index is 0.932. The van der Waals surface area contributed by atoms with E-state index >= 15 is 0 Å². The lowest BCUT2D eigenvalue weighted by Crippen LogP contribution is -1.92. The van der Waals surface area contributed by atoms with Crippen molar-refractivity contribution in [1.29, 1.82) is 0 Å². The molecular weight excluding hydrogens is 849 g/mol. The minimum absolute atomic E-state index is 0.837. The molecular formula is C63H36N2O2S. The third-order valence-electron chi connectivity index (χ3n) is 14.0. The number of thiophene rings is 1. The lowest BCUT2D eigenvalue weighted by Gasteiger charge is -2.14. The van der Waals surface area contributed by atoms with Gasteiger partial charge < -0.3 is 13.4 Å². The molecule has 0 spiro atoms. The summed E-state index contributed by atoms with van der Waals surface area (Å²) in [5, 5.41) is 10.4. The van der Waals surface area contributed by atoms with Crippen LogP contribution in [-0.2, 0) is 0 Å². The Labute approximate surface area is 393 Å². The summed E-state index contributed by atoms with van der Waals surface area (Å²) >= 11 is 1.85. The zero-order valence-electron chi connectivity index (χ0n) is 36.4. The zero-order valence-corrected chi connectivity index (χ0v) is 37.2. The largest absolute Gasteiger partial charge is 0.456 e. The van der Waals surface area contributed by atoms with Crippen LogP contribution in [0.25, 0.3) is 147 Å². The number of hydrogen-bond acceptors (Lipinski definition) is 4. The maximum atomic E-state index is 6.59. The van der Waals surface area contributed by atoms with Gasteiger partial charge in [-0.2, -0.15) is 0 Å². The fraction of sp³-hybridized carbons (Fsp3) is 0. The number of nitrogens with zero attached hydrogens (tertiary/aromatic N) is 2. The molecule has 5 heteroatoms. The van der Waals surface area contributed by atoms with Gasteiger partial charge in [-0.05, 0) is 124 Å². The summed E-state index contributed by atoms with van der Waals surface area (Å²) in [6, 6.07) is 78.5. The minimum atomic E-state index is 0.837. The molecule has 0 aliphatic rings. The number of rotatable bonds is 5. The molecule has 15 aromatic rings. The SMILES string of the molecule is c1ccc(-n2c3ccccc3c3cc(-c4ccc5sc6cccc(-c7ccc8nc(-c9cccc%10c9oc9ccccc9%10)cc(-c9cccc%10oc%11ccccc%11c9%10)c8c7)c6c5c4)ccc32)cc1. The number of benzene rings is 10. The van der Waals surface area contributed by atoms with Gasteiger partial charge in [-0.3, -0.25) is 0 Å². The van der Waals surface area contributed by atoms with Crippen molar-refractivity contribution in [2.75, 3.05) is 0 Å². The molecule has 0 unspecified atom stereocenters. The predicted molar refractivity (Wildman–Crippen MR) is 285 cm³/mol. The molecule has 316 valence electrons. The average Bonchev–Trinajstić information content (AvgIpc) is 4.17. The van der Waals surface area contributed by atoms with E-state index in [9.17, 15) is 0 Å². The van der Waals surface area contributed by atoms with Crippen LogP contribution in [0, 0.1) is 0 Å². The smallest absolute Gasteiger partial charge is 0.144 e. The van der Waals surface area contributed by atoms with E-state index in [2.05, 4.69) is 205 Å². The van der Waals surface area contributed by atoms with Crippen LogP contribution in [0.4, 0.5) is 0 Å². The van der Waals surface area contributed by atoms with E-state index in [0.29, 0.717) is 0 Å². The molecule has 0 N–H and O–H groups in total. The fourth-order valence-corrected chi connectivity index (χ4v) is 12.1. The molecule has 5 aromatic heterocycles. The van der Waals surface area contributed by atoms with Gasteiger partial charge in [-0.1, -0.05) is 127 Å². The summed E-state index contributed by atoms with van der Waals surface area (Å²) in [6.07, 6.45) is 0. The molecule has 5 heterocycles. The second-order valence-corrected chi connectivity index (χ2v) is 18.8. The molecule has 0 aliphatic carbocycles. The molecule has 0 saturated carbocycles. The molecule has 15 rings (SSSR count). The van der Waals surface area contributed by atoms with Crippen molar-refractivity contribution in [3.8, 4) is 50.3 Å². The highest BCUT2D eigenvalue weighted by Gasteiger charge is 2.21. The van der Waals surface area contributed by atoms with Crippen LogP contribution >= 0.6 is 11.3 Å². The van der Waals surface area contributed by atoms with Crippen molar-refractivity contribution in [1.82, 2.24) is 9.55 Å². The molecule has 0 atom stereocenters. The van der Waals surface area contributed by atoms with Crippen LogP contribution in [0.3, 0.4) is 0 Å². The average molecular weight is 885 g/mol. The molecule has 68 heavy (non-hydrogen) atoms. The monoisotopic (exact) mass is 884 g/mol. The molecule has 0 aliphatic heterocycles. The summed E-state index contributed by atoms with van der Waals surface area (Å²) in [4.78, 5) is 5.44. The zero-order chi connectivity index (χ0) is 44.5. The predicted octanol–water partition coefficient (Wildman–Crippen LogP) is 18.2. The maximum Gasteiger partial charge on any atom is 0.144 e. The Morgan fingerprint density at radius 3 is 1.90 bits per heavy atom. The number of para-hydroxylation sites is 5. The quantitative estimate of drug-likeness (QED) is 0.173. The highest BCUT2D eigenvalue weighted by Crippen LogP contribution is 2.46. The van der Waals surface area contributed by atoms with Crippen LogP contribution in [0.5, 0.6) is 0 Å². The Bertz CT molecular complexity index is 4570. The fourth-order valence-electron chi connectivity index (χ4n) is 11.0. The maximum absolute atomic E-state index is 6.59. The third kappa shape index (κ3) is 5.51. The Morgan fingerprint density at radius 1 is 0.353 bits per heavy atom. The standard InChI is InChI=1S/C63H36N2O2S/c1-2-13-40(14-3-1)65-54-22-7-4-15-42(54)50-33-37(28-31-55(50)65)38-29-32-59-51(34-38)62-41(18-12-26-60(62)68-59)39-27-30-52-49(35-39)48(44-19-11-25-58-61(44)47-17-6-9-24-57(47)66-58)36-53(64-52)46-21-10-20-45-43-16-5-8-23-56(43)67-63(45)46/h1-36H. The van der Waals surface area contributed by atoms with Crippen molar-refractivity contribution < 1.29 is 8.83 Å². The van der Waals surface area contributed by atoms with E-state index in [4.69, 9.17) is 13.8 Å². The van der Waals surface area contributed by atoms with Crippen molar-refractivity contribution in [2.45, 2.75) is 0 Å². The van der Waals surface area contributed by atoms with E-state index in [1.54, 1.807) is 0 Å². The molecule has 0 amide bonds. The third-order valence-corrected chi connectivity index (χ3v) is 15.1. The summed E-state index contributed by atoms with van der Waals surface area (Å²) in [5.74, 6) is 0. The number of furan rings is 2. The number of pyridine rings is 1. The van der Waals surface area contributed by atoms with Gasteiger partial charge in [-0.15, -0.1) is 11.3 Å². The van der Waals surface area contributed by atoms with Crippen molar-refractivity contribution in [3.63, 3.8) is 0 Å². The van der Waals surface area contributed by atoms with Gasteiger partial charge in [0.15, 0.2) is 0 Å². The lowest BCUT2D eigenvalue weighted by molar-refractivity contribution is 0.669. The van der Waals surface area contributed by atoms with Crippen molar-refractivity contribution in [3.05, 3.63) is 218 Å². The normalized spacial score (nSPS) is 12.1. The van der Waals surface area contributed by atoms with Gasteiger partial charge in [0, 0.05) is 69.1 Å². The summed E-state index contributed by atoms with van der Waals surface area (Å²) in [5.41, 5.74) is 16.7. The second kappa shape index (κ2) is 14.4. The van der Waals surface area contributed by atoms with Gasteiger partial charge in [0.2, 0.25) is 0 Å². The second-order valence-electron chi connectivity index (χ2n) is 17.8. The van der Waals surface area contributed by atoms with Crippen LogP contribution < -0.4 is 0 Å². The molecule has 10 aromatic carbocycles. The Hall–Kier alpha value is -8.77. The Kier molecular flexibility index (Phi) is 7.91. The molecule has 0 bridgehead atoms. The van der Waals surface area contributed by atoms with Gasteiger partial charge in [0.25, 0.3) is 0 Å². The number of fused-ring (bicyclic) bond motifs is 13. The minimum Gasteiger partial charge on any atom is -0.456 e. The van der Waals surface area contributed by atoms with Crippen LogP contribution in [0.15, 0.2) is 227 Å². The van der Waals surface area contributed by atoms with Crippen molar-refractivity contribution in [2.24, 2.45) is 0 Å². The highest BCUT2D eigenvalue weighted by molar-refractivity contribution is 7.26. The first-order valence-electron chi connectivity index (χ1n) is 23.0. The van der Waals surface area contributed by atoms with Crippen LogP contribution in [0.2, 0.25) is 0 Å². The van der Waals surface area contributed by atoms with E-state index in [1.807, 2.05) is 29.5 Å². The van der Waals surface area contributed by atoms with Gasteiger partial charge in [-0.25, -0.2) is 4.98 Å². The highest BCUT2D eigenvalue weighted by atomic mass is 32.1. The molecule has 4 nitrogen and oxygen atoms in total. The molecule has 0 fully saturated rings. The van der Waals surface area contributed by atoms with E-state index in [0.717, 1.165) is 88.4 Å². The van der Waals surface area contributed by atoms with E-state index in [-0.39, 0.29) is 0 Å². The van der Waals surface area contributed by atoms with E-state index in [1.165, 1.54) is 58.7 Å². The van der Waals surface area contributed by atoms with Crippen LogP contribution in [0.1, 0.15) is 0 Å². The molecule has 0 saturated heterocycles. The Morgan fingerprint density at radius 2 is 1.00 bits per heavy atom. The first-order valence-corrected chi connectivity index (χ1v) is 23.8. The molecule has 0 radical (unpaired) electrons. The lowest BCUT2D eigenvalue weighted by atomic mass is 9.91. The topological polar surface area (TPSA) is 44.1 Å². The number of aromatic nitrogens is 2. The van der Waals surface area contributed by atoms with Crippen LogP contribution in [-0.4, -0.2) is 9.55 Å². The van der Waals surface area contributed by atoms with Crippen molar-refractivity contribution >= 4 is 108 Å². The summed E-state index contributed by atoms with van der Waals surface area (Å²) < 4.78 is 18.0. The summed E-state index contributed by atoms with van der Waals surface area (Å²) in [7, 11) is 0. The first-order chi connectivity index (χ1) is 33.7. The van der Waals surface area contributed by atoms with Gasteiger partial charge in [0.1, 0.15) is 22.3 Å².